The third kappa shape index (κ3) is 3.59. The van der Waals surface area contributed by atoms with E-state index in [4.69, 9.17) is 9.84 Å². The first-order valence-corrected chi connectivity index (χ1v) is 6.65. The molecule has 0 atom stereocenters. The van der Waals surface area contributed by atoms with Gasteiger partial charge in [-0.2, -0.15) is 0 Å². The van der Waals surface area contributed by atoms with Gasteiger partial charge in [-0.15, -0.1) is 0 Å². The number of aliphatic hydroxyl groups excluding tert-OH is 1. The van der Waals surface area contributed by atoms with Crippen LogP contribution >= 0.6 is 15.9 Å². The zero-order valence-corrected chi connectivity index (χ0v) is 11.6. The summed E-state index contributed by atoms with van der Waals surface area (Å²) < 4.78 is 6.67. The molecule has 94 valence electrons. The predicted octanol–water partition coefficient (Wildman–Crippen LogP) is 3.56. The van der Waals surface area contributed by atoms with Gasteiger partial charge in [-0.1, -0.05) is 36.4 Å². The molecule has 0 amide bonds. The van der Waals surface area contributed by atoms with Crippen LogP contribution in [0.15, 0.2) is 53.0 Å². The summed E-state index contributed by atoms with van der Waals surface area (Å²) >= 11 is 3.48. The lowest BCUT2D eigenvalue weighted by atomic mass is 10.1. The van der Waals surface area contributed by atoms with Gasteiger partial charge in [0, 0.05) is 6.61 Å². The van der Waals surface area contributed by atoms with Gasteiger partial charge in [0.05, 0.1) is 4.47 Å². The Hall–Kier alpha value is -1.32. The Kier molecular flexibility index (Phi) is 4.79. The highest BCUT2D eigenvalue weighted by atomic mass is 79.9. The van der Waals surface area contributed by atoms with E-state index in [9.17, 15) is 0 Å². The van der Waals surface area contributed by atoms with Crippen LogP contribution in [0.5, 0.6) is 5.75 Å². The molecule has 0 radical (unpaired) electrons. The molecule has 2 rings (SSSR count). The van der Waals surface area contributed by atoms with Crippen LogP contribution < -0.4 is 4.74 Å². The number of aliphatic hydroxyl groups is 1. The smallest absolute Gasteiger partial charge is 0.134 e. The monoisotopic (exact) mass is 306 g/mol. The minimum atomic E-state index is 0.163. The first kappa shape index (κ1) is 13.1. The highest BCUT2D eigenvalue weighted by molar-refractivity contribution is 9.10. The molecule has 0 saturated carbocycles. The van der Waals surface area contributed by atoms with Gasteiger partial charge in [-0.05, 0) is 45.6 Å². The van der Waals surface area contributed by atoms with Gasteiger partial charge in [0.25, 0.3) is 0 Å². The van der Waals surface area contributed by atoms with E-state index in [-0.39, 0.29) is 6.61 Å². The Morgan fingerprint density at radius 2 is 1.78 bits per heavy atom. The quantitative estimate of drug-likeness (QED) is 0.915. The summed E-state index contributed by atoms with van der Waals surface area (Å²) in [4.78, 5) is 0. The molecule has 1 N–H and O–H groups in total. The van der Waals surface area contributed by atoms with E-state index in [1.165, 1.54) is 0 Å². The van der Waals surface area contributed by atoms with Crippen molar-refractivity contribution in [1.29, 1.82) is 0 Å². The Bertz CT molecular complexity index is 497. The van der Waals surface area contributed by atoms with Crippen LogP contribution in [0.3, 0.4) is 0 Å². The van der Waals surface area contributed by atoms with E-state index in [2.05, 4.69) is 15.9 Å². The second-order valence-corrected chi connectivity index (χ2v) is 4.87. The van der Waals surface area contributed by atoms with Crippen LogP contribution in [-0.2, 0) is 13.0 Å². The van der Waals surface area contributed by atoms with Crippen molar-refractivity contribution >= 4 is 15.9 Å². The summed E-state index contributed by atoms with van der Waals surface area (Å²) in [6.45, 7) is 0.718. The fourth-order valence-electron chi connectivity index (χ4n) is 1.68. The maximum absolute atomic E-state index is 8.89. The van der Waals surface area contributed by atoms with Crippen LogP contribution in [0.1, 0.15) is 11.1 Å². The fraction of sp³-hybridized carbons (Fsp3) is 0.200. The van der Waals surface area contributed by atoms with Crippen molar-refractivity contribution in [2.75, 3.05) is 6.61 Å². The number of benzene rings is 2. The van der Waals surface area contributed by atoms with Crippen molar-refractivity contribution in [1.82, 2.24) is 0 Å². The Labute approximate surface area is 115 Å². The van der Waals surface area contributed by atoms with E-state index in [0.29, 0.717) is 13.0 Å². The number of halogens is 1. The SMILES string of the molecule is OCCc1ccc(OCc2ccccc2)c(Br)c1. The molecule has 0 aliphatic rings. The Morgan fingerprint density at radius 3 is 2.44 bits per heavy atom. The third-order valence-corrected chi connectivity index (χ3v) is 3.25. The normalized spacial score (nSPS) is 10.3. The maximum Gasteiger partial charge on any atom is 0.134 e. The first-order chi connectivity index (χ1) is 8.79. The van der Waals surface area contributed by atoms with Crippen molar-refractivity contribution in [3.8, 4) is 5.75 Å². The zero-order chi connectivity index (χ0) is 12.8. The molecular weight excluding hydrogens is 292 g/mol. The van der Waals surface area contributed by atoms with Gasteiger partial charge >= 0.3 is 0 Å². The van der Waals surface area contributed by atoms with Crippen molar-refractivity contribution in [2.45, 2.75) is 13.0 Å². The predicted molar refractivity (Wildman–Crippen MR) is 75.7 cm³/mol. The molecule has 0 aromatic heterocycles. The molecule has 0 spiro atoms. The molecular formula is C15H15BrO2. The third-order valence-electron chi connectivity index (χ3n) is 2.63. The summed E-state index contributed by atoms with van der Waals surface area (Å²) in [6, 6.07) is 15.9. The van der Waals surface area contributed by atoms with Crippen molar-refractivity contribution in [3.63, 3.8) is 0 Å². The zero-order valence-electron chi connectivity index (χ0n) is 9.97. The summed E-state index contributed by atoms with van der Waals surface area (Å²) in [7, 11) is 0. The second kappa shape index (κ2) is 6.57. The lowest BCUT2D eigenvalue weighted by Crippen LogP contribution is -1.97. The average Bonchev–Trinajstić information content (AvgIpc) is 2.39. The number of hydrogen-bond acceptors (Lipinski definition) is 2. The molecule has 0 aliphatic heterocycles. The lowest BCUT2D eigenvalue weighted by Gasteiger charge is -2.09. The van der Waals surface area contributed by atoms with Crippen molar-refractivity contribution in [2.24, 2.45) is 0 Å². The van der Waals surface area contributed by atoms with Gasteiger partial charge in [-0.3, -0.25) is 0 Å². The standard InChI is InChI=1S/C15H15BrO2/c16-14-10-12(8-9-17)6-7-15(14)18-11-13-4-2-1-3-5-13/h1-7,10,17H,8-9,11H2. The minimum Gasteiger partial charge on any atom is -0.488 e. The molecule has 2 aromatic carbocycles. The highest BCUT2D eigenvalue weighted by Gasteiger charge is 2.03. The van der Waals surface area contributed by atoms with Crippen LogP contribution in [-0.4, -0.2) is 11.7 Å². The van der Waals surface area contributed by atoms with E-state index >= 15 is 0 Å². The van der Waals surface area contributed by atoms with Crippen LogP contribution in [0.4, 0.5) is 0 Å². The average molecular weight is 307 g/mol. The number of ether oxygens (including phenoxy) is 1. The molecule has 0 heterocycles. The molecule has 18 heavy (non-hydrogen) atoms. The van der Waals surface area contributed by atoms with Gasteiger partial charge < -0.3 is 9.84 Å². The second-order valence-electron chi connectivity index (χ2n) is 4.01. The van der Waals surface area contributed by atoms with Crippen LogP contribution in [0, 0.1) is 0 Å². The molecule has 0 unspecified atom stereocenters. The Morgan fingerprint density at radius 1 is 1.00 bits per heavy atom. The van der Waals surface area contributed by atoms with Gasteiger partial charge in [-0.25, -0.2) is 0 Å². The summed E-state index contributed by atoms with van der Waals surface area (Å²) in [5.74, 6) is 0.820. The van der Waals surface area contributed by atoms with E-state index in [0.717, 1.165) is 21.3 Å². The molecule has 2 aromatic rings. The number of rotatable bonds is 5. The molecule has 0 saturated heterocycles. The molecule has 2 nitrogen and oxygen atoms in total. The van der Waals surface area contributed by atoms with Gasteiger partial charge in [0.2, 0.25) is 0 Å². The van der Waals surface area contributed by atoms with E-state index in [1.54, 1.807) is 0 Å². The largest absolute Gasteiger partial charge is 0.488 e. The molecule has 0 fully saturated rings. The van der Waals surface area contributed by atoms with Crippen LogP contribution in [0.25, 0.3) is 0 Å². The van der Waals surface area contributed by atoms with Gasteiger partial charge in [0.15, 0.2) is 0 Å². The highest BCUT2D eigenvalue weighted by Crippen LogP contribution is 2.27. The Balaban J connectivity index is 2.01. The number of hydrogen-bond donors (Lipinski definition) is 1. The van der Waals surface area contributed by atoms with E-state index < -0.39 is 0 Å². The molecule has 0 aliphatic carbocycles. The van der Waals surface area contributed by atoms with Gasteiger partial charge in [0.1, 0.15) is 12.4 Å². The first-order valence-electron chi connectivity index (χ1n) is 5.85. The van der Waals surface area contributed by atoms with Crippen molar-refractivity contribution in [3.05, 3.63) is 64.1 Å². The molecule has 3 heteroatoms. The molecule has 0 bridgehead atoms. The fourth-order valence-corrected chi connectivity index (χ4v) is 2.22. The van der Waals surface area contributed by atoms with Crippen LogP contribution in [0.2, 0.25) is 0 Å². The summed E-state index contributed by atoms with van der Waals surface area (Å²) in [5.41, 5.74) is 2.24. The topological polar surface area (TPSA) is 29.5 Å². The minimum absolute atomic E-state index is 0.163. The summed E-state index contributed by atoms with van der Waals surface area (Å²) in [5, 5.41) is 8.89. The maximum atomic E-state index is 8.89. The lowest BCUT2D eigenvalue weighted by molar-refractivity contribution is 0.298. The van der Waals surface area contributed by atoms with E-state index in [1.807, 2.05) is 48.5 Å². The van der Waals surface area contributed by atoms with Crippen molar-refractivity contribution < 1.29 is 9.84 Å². The summed E-state index contributed by atoms with van der Waals surface area (Å²) in [6.07, 6.45) is 0.664.